The molecule has 2 saturated heterocycles. The van der Waals surface area contributed by atoms with E-state index in [0.717, 1.165) is 58.4 Å². The highest BCUT2D eigenvalue weighted by Gasteiger charge is 2.49. The summed E-state index contributed by atoms with van der Waals surface area (Å²) in [4.78, 5) is 29.8. The minimum Gasteiger partial charge on any atom is -0.322 e. The van der Waals surface area contributed by atoms with Crippen LogP contribution in [0.2, 0.25) is 0 Å². The zero-order valence-electron chi connectivity index (χ0n) is 14.9. The van der Waals surface area contributed by atoms with Crippen LogP contribution in [0.25, 0.3) is 0 Å². The maximum absolute atomic E-state index is 12.6. The molecule has 5 nitrogen and oxygen atoms in total. The molecule has 2 atom stereocenters. The number of rotatable bonds is 4. The Morgan fingerprint density at radius 3 is 2.00 bits per heavy atom. The van der Waals surface area contributed by atoms with Crippen molar-refractivity contribution in [3.8, 4) is 0 Å². The van der Waals surface area contributed by atoms with Gasteiger partial charge < -0.3 is 9.80 Å². The third-order valence-electron chi connectivity index (χ3n) is 6.28. The SMILES string of the molecule is O=C1[C@H]2CCCC[C@H]2C(=O)N1C[NH+]1CC[NH+](Cc2ccccc2)CC1. The van der Waals surface area contributed by atoms with Gasteiger partial charge in [0.25, 0.3) is 0 Å². The van der Waals surface area contributed by atoms with E-state index in [-0.39, 0.29) is 23.7 Å². The number of imide groups is 1. The van der Waals surface area contributed by atoms with Gasteiger partial charge in [0.2, 0.25) is 11.8 Å². The van der Waals surface area contributed by atoms with Gasteiger partial charge in [-0.2, -0.15) is 0 Å². The van der Waals surface area contributed by atoms with Crippen LogP contribution >= 0.6 is 0 Å². The highest BCUT2D eigenvalue weighted by atomic mass is 16.2. The molecule has 2 N–H and O–H groups in total. The van der Waals surface area contributed by atoms with Crippen LogP contribution in [0.5, 0.6) is 0 Å². The van der Waals surface area contributed by atoms with Crippen molar-refractivity contribution in [3.63, 3.8) is 0 Å². The van der Waals surface area contributed by atoms with Crippen molar-refractivity contribution in [2.75, 3.05) is 32.8 Å². The van der Waals surface area contributed by atoms with Crippen molar-refractivity contribution in [2.45, 2.75) is 32.2 Å². The van der Waals surface area contributed by atoms with Gasteiger partial charge in [0, 0.05) is 5.56 Å². The number of piperazine rings is 1. The van der Waals surface area contributed by atoms with E-state index in [4.69, 9.17) is 0 Å². The van der Waals surface area contributed by atoms with Crippen molar-refractivity contribution >= 4 is 11.8 Å². The first-order chi connectivity index (χ1) is 12.2. The van der Waals surface area contributed by atoms with Crippen LogP contribution in [0.1, 0.15) is 31.2 Å². The number of likely N-dealkylation sites (tertiary alicyclic amines) is 1. The molecule has 2 aliphatic heterocycles. The van der Waals surface area contributed by atoms with Crippen molar-refractivity contribution in [1.29, 1.82) is 0 Å². The number of benzene rings is 1. The zero-order chi connectivity index (χ0) is 17.2. The Morgan fingerprint density at radius 2 is 1.40 bits per heavy atom. The molecule has 1 aromatic carbocycles. The molecule has 1 saturated carbocycles. The van der Waals surface area contributed by atoms with Gasteiger partial charge in [0.15, 0.2) is 6.67 Å². The summed E-state index contributed by atoms with van der Waals surface area (Å²) in [6.07, 6.45) is 4.02. The second kappa shape index (κ2) is 7.26. The lowest BCUT2D eigenvalue weighted by Gasteiger charge is -2.31. The van der Waals surface area contributed by atoms with Crippen molar-refractivity contribution in [2.24, 2.45) is 11.8 Å². The summed E-state index contributed by atoms with van der Waals surface area (Å²) in [6, 6.07) is 10.6. The van der Waals surface area contributed by atoms with Crippen LogP contribution in [0.3, 0.4) is 0 Å². The Hall–Kier alpha value is -1.72. The molecule has 1 aromatic rings. The second-order valence-corrected chi connectivity index (χ2v) is 7.92. The summed E-state index contributed by atoms with van der Waals surface area (Å²) < 4.78 is 0. The zero-order valence-corrected chi connectivity index (χ0v) is 14.9. The summed E-state index contributed by atoms with van der Waals surface area (Å²) in [6.45, 7) is 5.94. The predicted octanol–water partition coefficient (Wildman–Crippen LogP) is -0.897. The van der Waals surface area contributed by atoms with Gasteiger partial charge in [-0.15, -0.1) is 0 Å². The molecule has 134 valence electrons. The molecular formula is C20H29N3O2+2. The molecule has 0 aromatic heterocycles. The fraction of sp³-hybridized carbons (Fsp3) is 0.600. The van der Waals surface area contributed by atoms with Gasteiger partial charge in [0.1, 0.15) is 32.7 Å². The summed E-state index contributed by atoms with van der Waals surface area (Å²) in [5.74, 6) is 0.207. The average Bonchev–Trinajstić information content (AvgIpc) is 2.89. The van der Waals surface area contributed by atoms with Crippen molar-refractivity contribution < 1.29 is 19.4 Å². The van der Waals surface area contributed by atoms with E-state index in [9.17, 15) is 9.59 Å². The van der Waals surface area contributed by atoms with E-state index in [1.165, 1.54) is 10.5 Å². The molecule has 25 heavy (non-hydrogen) atoms. The van der Waals surface area contributed by atoms with Crippen LogP contribution in [0, 0.1) is 11.8 Å². The molecule has 3 aliphatic rings. The summed E-state index contributed by atoms with van der Waals surface area (Å²) in [5.41, 5.74) is 1.38. The summed E-state index contributed by atoms with van der Waals surface area (Å²) in [5, 5.41) is 0. The first-order valence-electron chi connectivity index (χ1n) is 9.78. The number of carbonyl (C=O) groups is 2. The highest BCUT2D eigenvalue weighted by Crippen LogP contribution is 2.37. The van der Waals surface area contributed by atoms with Crippen LogP contribution in [-0.2, 0) is 16.1 Å². The minimum atomic E-state index is -0.00866. The number of hydrogen-bond donors (Lipinski definition) is 2. The first kappa shape index (κ1) is 16.7. The summed E-state index contributed by atoms with van der Waals surface area (Å²) >= 11 is 0. The second-order valence-electron chi connectivity index (χ2n) is 7.92. The fourth-order valence-corrected chi connectivity index (χ4v) is 4.79. The molecule has 3 fully saturated rings. The maximum atomic E-state index is 12.6. The van der Waals surface area contributed by atoms with E-state index < -0.39 is 0 Å². The molecular weight excluding hydrogens is 314 g/mol. The van der Waals surface area contributed by atoms with Crippen LogP contribution in [-0.4, -0.2) is 49.6 Å². The van der Waals surface area contributed by atoms with Crippen LogP contribution in [0.15, 0.2) is 30.3 Å². The molecule has 5 heteroatoms. The Kier molecular flexibility index (Phi) is 4.86. The number of hydrogen-bond acceptors (Lipinski definition) is 2. The van der Waals surface area contributed by atoms with Gasteiger partial charge in [-0.3, -0.25) is 9.59 Å². The van der Waals surface area contributed by atoms with E-state index in [1.54, 1.807) is 9.80 Å². The van der Waals surface area contributed by atoms with Gasteiger partial charge in [-0.05, 0) is 12.8 Å². The molecule has 4 rings (SSSR count). The molecule has 2 heterocycles. The minimum absolute atomic E-state index is 0.00866. The van der Waals surface area contributed by atoms with Crippen LogP contribution < -0.4 is 9.80 Å². The molecule has 0 radical (unpaired) electrons. The predicted molar refractivity (Wildman–Crippen MR) is 93.7 cm³/mol. The van der Waals surface area contributed by atoms with Gasteiger partial charge in [0.05, 0.1) is 11.8 Å². The number of carbonyl (C=O) groups excluding carboxylic acids is 2. The van der Waals surface area contributed by atoms with E-state index in [2.05, 4.69) is 30.3 Å². The van der Waals surface area contributed by atoms with Gasteiger partial charge >= 0.3 is 0 Å². The number of nitrogens with one attached hydrogen (secondary N) is 2. The molecule has 1 aliphatic carbocycles. The molecule has 0 unspecified atom stereocenters. The molecule has 0 bridgehead atoms. The number of amides is 2. The number of nitrogens with zero attached hydrogens (tertiary/aromatic N) is 1. The third kappa shape index (κ3) is 3.48. The average molecular weight is 343 g/mol. The van der Waals surface area contributed by atoms with E-state index in [1.807, 2.05) is 0 Å². The topological polar surface area (TPSA) is 46.3 Å². The van der Waals surface area contributed by atoms with Crippen LogP contribution in [0.4, 0.5) is 0 Å². The van der Waals surface area contributed by atoms with E-state index in [0.29, 0.717) is 6.67 Å². The molecule has 2 amide bonds. The lowest BCUT2D eigenvalue weighted by atomic mass is 9.81. The van der Waals surface area contributed by atoms with Gasteiger partial charge in [-0.1, -0.05) is 43.2 Å². The normalized spacial score (nSPS) is 32.7. The van der Waals surface area contributed by atoms with Crippen molar-refractivity contribution in [1.82, 2.24) is 4.90 Å². The number of fused-ring (bicyclic) bond motifs is 1. The lowest BCUT2D eigenvalue weighted by molar-refractivity contribution is -1.02. The maximum Gasteiger partial charge on any atom is 0.237 e. The largest absolute Gasteiger partial charge is 0.322 e. The summed E-state index contributed by atoms with van der Waals surface area (Å²) in [7, 11) is 0. The Balaban J connectivity index is 1.30. The quantitative estimate of drug-likeness (QED) is 0.697. The van der Waals surface area contributed by atoms with E-state index >= 15 is 0 Å². The standard InChI is InChI=1S/C20H27N3O2/c24-19-17-8-4-5-9-18(17)20(25)23(19)15-22-12-10-21(11-13-22)14-16-6-2-1-3-7-16/h1-3,6-7,17-18H,4-5,8-15H2/p+2/t17-,18+. The number of quaternary nitrogens is 2. The Bertz CT molecular complexity index is 601. The lowest BCUT2D eigenvalue weighted by Crippen LogP contribution is -3.28. The monoisotopic (exact) mass is 343 g/mol. The smallest absolute Gasteiger partial charge is 0.237 e. The fourth-order valence-electron chi connectivity index (χ4n) is 4.79. The third-order valence-corrected chi connectivity index (χ3v) is 6.28. The Morgan fingerprint density at radius 1 is 0.840 bits per heavy atom. The molecule has 0 spiro atoms. The highest BCUT2D eigenvalue weighted by molar-refractivity contribution is 6.05. The van der Waals surface area contributed by atoms with Crippen molar-refractivity contribution in [3.05, 3.63) is 35.9 Å². The van der Waals surface area contributed by atoms with Gasteiger partial charge in [-0.25, -0.2) is 4.90 Å². The first-order valence-corrected chi connectivity index (χ1v) is 9.78. The Labute approximate surface area is 149 Å².